The lowest BCUT2D eigenvalue weighted by atomic mass is 10.1. The molecule has 1 saturated heterocycles. The fraction of sp³-hybridized carbons (Fsp3) is 0.200. The van der Waals surface area contributed by atoms with Gasteiger partial charge in [-0.2, -0.15) is 0 Å². The van der Waals surface area contributed by atoms with Crippen LogP contribution in [0, 0.1) is 5.82 Å². The van der Waals surface area contributed by atoms with Gasteiger partial charge >= 0.3 is 0 Å². The average molecular weight is 450 g/mol. The van der Waals surface area contributed by atoms with Gasteiger partial charge in [0.25, 0.3) is 0 Å². The van der Waals surface area contributed by atoms with Gasteiger partial charge in [-0.1, -0.05) is 23.7 Å². The Kier molecular flexibility index (Phi) is 5.53. The number of hydrogen-bond donors (Lipinski definition) is 0. The number of carbonyl (C=O) groups excluding carboxylic acids is 1. The molecule has 5 rings (SSSR count). The molecule has 162 valence electrons. The van der Waals surface area contributed by atoms with E-state index in [9.17, 15) is 9.18 Å². The lowest BCUT2D eigenvalue weighted by Crippen LogP contribution is -2.24. The van der Waals surface area contributed by atoms with Crippen LogP contribution in [0.2, 0.25) is 5.02 Å². The molecule has 32 heavy (non-hydrogen) atoms. The number of benzene rings is 3. The Morgan fingerprint density at radius 3 is 2.56 bits per heavy atom. The van der Waals surface area contributed by atoms with E-state index in [1.165, 1.54) is 12.1 Å². The van der Waals surface area contributed by atoms with E-state index in [-0.39, 0.29) is 17.6 Å². The molecule has 4 aromatic rings. The monoisotopic (exact) mass is 449 g/mol. The second kappa shape index (κ2) is 8.63. The third-order valence-electron chi connectivity index (χ3n) is 5.71. The summed E-state index contributed by atoms with van der Waals surface area (Å²) in [5.41, 5.74) is 2.60. The van der Waals surface area contributed by atoms with Gasteiger partial charge in [0.05, 0.1) is 17.6 Å². The van der Waals surface area contributed by atoms with Gasteiger partial charge in [-0.25, -0.2) is 9.37 Å². The first-order valence-corrected chi connectivity index (χ1v) is 10.9. The van der Waals surface area contributed by atoms with Crippen LogP contribution in [0.25, 0.3) is 11.0 Å². The van der Waals surface area contributed by atoms with Crippen molar-refractivity contribution in [3.05, 3.63) is 89.5 Å². The molecule has 0 aliphatic carbocycles. The van der Waals surface area contributed by atoms with E-state index in [4.69, 9.17) is 21.3 Å². The highest BCUT2D eigenvalue weighted by Gasteiger charge is 2.34. The molecule has 2 heterocycles. The Hall–Kier alpha value is -3.38. The zero-order chi connectivity index (χ0) is 22.1. The van der Waals surface area contributed by atoms with E-state index in [0.29, 0.717) is 36.8 Å². The van der Waals surface area contributed by atoms with Crippen LogP contribution >= 0.6 is 11.6 Å². The molecule has 1 atom stereocenters. The first kappa shape index (κ1) is 20.5. The van der Waals surface area contributed by atoms with Gasteiger partial charge in [0.15, 0.2) is 0 Å². The molecule has 1 aliphatic rings. The maximum Gasteiger partial charge on any atom is 0.227 e. The number of hydrogen-bond acceptors (Lipinski definition) is 3. The highest BCUT2D eigenvalue weighted by atomic mass is 35.5. The number of halogens is 2. The largest absolute Gasteiger partial charge is 0.492 e. The van der Waals surface area contributed by atoms with E-state index in [0.717, 1.165) is 22.6 Å². The molecule has 0 N–H and O–H groups in total. The van der Waals surface area contributed by atoms with E-state index in [2.05, 4.69) is 4.57 Å². The van der Waals surface area contributed by atoms with Crippen LogP contribution in [0.5, 0.6) is 5.75 Å². The van der Waals surface area contributed by atoms with E-state index < -0.39 is 0 Å². The summed E-state index contributed by atoms with van der Waals surface area (Å²) in [6, 6.07) is 21.2. The van der Waals surface area contributed by atoms with Crippen LogP contribution in [0.15, 0.2) is 72.8 Å². The molecule has 1 amide bonds. The molecule has 1 fully saturated rings. The summed E-state index contributed by atoms with van der Waals surface area (Å²) in [6.45, 7) is 1.56. The number of ether oxygens (including phenoxy) is 1. The summed E-state index contributed by atoms with van der Waals surface area (Å²) in [5.74, 6) is 1.25. The summed E-state index contributed by atoms with van der Waals surface area (Å²) in [7, 11) is 0. The predicted molar refractivity (Wildman–Crippen MR) is 123 cm³/mol. The van der Waals surface area contributed by atoms with Crippen LogP contribution in [-0.4, -0.2) is 28.6 Å². The molecular formula is C25H21ClFN3O2. The number of para-hydroxylation sites is 2. The molecule has 3 aromatic carbocycles. The third-order valence-corrected chi connectivity index (χ3v) is 5.96. The zero-order valence-corrected chi connectivity index (χ0v) is 18.0. The predicted octanol–water partition coefficient (Wildman–Crippen LogP) is 5.43. The number of carbonyl (C=O) groups is 1. The fourth-order valence-corrected chi connectivity index (χ4v) is 4.30. The van der Waals surface area contributed by atoms with Crippen LogP contribution in [0.3, 0.4) is 0 Å². The Balaban J connectivity index is 1.39. The van der Waals surface area contributed by atoms with Crippen molar-refractivity contribution in [3.63, 3.8) is 0 Å². The number of anilines is 1. The Labute approximate surface area is 190 Å². The van der Waals surface area contributed by atoms with Crippen molar-refractivity contribution in [2.75, 3.05) is 18.1 Å². The second-order valence-electron chi connectivity index (χ2n) is 7.79. The molecule has 1 aliphatic heterocycles. The van der Waals surface area contributed by atoms with Crippen molar-refractivity contribution in [1.82, 2.24) is 9.55 Å². The smallest absolute Gasteiger partial charge is 0.227 e. The number of fused-ring (bicyclic) bond motifs is 1. The van der Waals surface area contributed by atoms with Crippen LogP contribution in [0.1, 0.15) is 18.2 Å². The highest BCUT2D eigenvalue weighted by Crippen LogP contribution is 2.33. The van der Waals surface area contributed by atoms with Crippen molar-refractivity contribution in [3.8, 4) is 5.75 Å². The number of amides is 1. The standard InChI is InChI=1S/C25H21ClFN3O2/c26-18-5-11-21(12-6-18)32-14-13-29-23-4-2-1-3-22(23)28-25(29)17-15-24(31)30(16-17)20-9-7-19(27)8-10-20/h1-12,17H,13-16H2/t17-/m1/s1. The van der Waals surface area contributed by atoms with Crippen LogP contribution in [0.4, 0.5) is 10.1 Å². The number of aromatic nitrogens is 2. The van der Waals surface area contributed by atoms with Gasteiger partial charge in [0, 0.05) is 29.6 Å². The molecule has 5 nitrogen and oxygen atoms in total. The van der Waals surface area contributed by atoms with Crippen LogP contribution < -0.4 is 9.64 Å². The highest BCUT2D eigenvalue weighted by molar-refractivity contribution is 6.30. The van der Waals surface area contributed by atoms with E-state index in [1.807, 2.05) is 36.4 Å². The van der Waals surface area contributed by atoms with Gasteiger partial charge < -0.3 is 14.2 Å². The summed E-state index contributed by atoms with van der Waals surface area (Å²) in [5, 5.41) is 0.664. The normalized spacial score (nSPS) is 16.1. The summed E-state index contributed by atoms with van der Waals surface area (Å²) >= 11 is 5.94. The molecule has 0 unspecified atom stereocenters. The third kappa shape index (κ3) is 4.06. The molecule has 0 spiro atoms. The molecular weight excluding hydrogens is 429 g/mol. The SMILES string of the molecule is O=C1C[C@@H](c2nc3ccccc3n2CCOc2ccc(Cl)cc2)CN1c1ccc(F)cc1. The Morgan fingerprint density at radius 2 is 1.78 bits per heavy atom. The number of rotatable bonds is 6. The van der Waals surface area contributed by atoms with Crippen molar-refractivity contribution in [2.45, 2.75) is 18.9 Å². The second-order valence-corrected chi connectivity index (χ2v) is 8.23. The minimum absolute atomic E-state index is 0.0117. The van der Waals surface area contributed by atoms with Gasteiger partial charge in [0.1, 0.15) is 24.0 Å². The minimum Gasteiger partial charge on any atom is -0.492 e. The number of imidazole rings is 1. The Bertz CT molecular complexity index is 1250. The first-order valence-electron chi connectivity index (χ1n) is 10.5. The van der Waals surface area contributed by atoms with Crippen molar-refractivity contribution >= 4 is 34.2 Å². The van der Waals surface area contributed by atoms with Crippen molar-refractivity contribution < 1.29 is 13.9 Å². The first-order chi connectivity index (χ1) is 15.6. The van der Waals surface area contributed by atoms with Gasteiger partial charge in [-0.05, 0) is 60.7 Å². The lowest BCUT2D eigenvalue weighted by Gasteiger charge is -2.17. The molecule has 0 saturated carbocycles. The van der Waals surface area contributed by atoms with Gasteiger partial charge in [0.2, 0.25) is 5.91 Å². The Morgan fingerprint density at radius 1 is 1.03 bits per heavy atom. The van der Waals surface area contributed by atoms with E-state index in [1.54, 1.807) is 29.2 Å². The lowest BCUT2D eigenvalue weighted by molar-refractivity contribution is -0.117. The number of nitrogens with zero attached hydrogens (tertiary/aromatic N) is 3. The topological polar surface area (TPSA) is 47.4 Å². The van der Waals surface area contributed by atoms with Gasteiger partial charge in [-0.3, -0.25) is 4.79 Å². The molecule has 7 heteroatoms. The molecule has 0 radical (unpaired) electrons. The average Bonchev–Trinajstić information content (AvgIpc) is 3.36. The van der Waals surface area contributed by atoms with Crippen molar-refractivity contribution in [2.24, 2.45) is 0 Å². The van der Waals surface area contributed by atoms with E-state index >= 15 is 0 Å². The summed E-state index contributed by atoms with van der Waals surface area (Å²) < 4.78 is 21.3. The maximum atomic E-state index is 13.3. The van der Waals surface area contributed by atoms with Gasteiger partial charge in [-0.15, -0.1) is 0 Å². The quantitative estimate of drug-likeness (QED) is 0.394. The van der Waals surface area contributed by atoms with Crippen LogP contribution in [-0.2, 0) is 11.3 Å². The molecule has 0 bridgehead atoms. The summed E-state index contributed by atoms with van der Waals surface area (Å²) in [6.07, 6.45) is 0.360. The minimum atomic E-state index is -0.320. The molecule has 1 aromatic heterocycles. The summed E-state index contributed by atoms with van der Waals surface area (Å²) in [4.78, 5) is 19.3. The maximum absolute atomic E-state index is 13.3. The van der Waals surface area contributed by atoms with Crippen molar-refractivity contribution in [1.29, 1.82) is 0 Å². The fourth-order valence-electron chi connectivity index (χ4n) is 4.18. The zero-order valence-electron chi connectivity index (χ0n) is 17.2.